The van der Waals surface area contributed by atoms with Crippen molar-refractivity contribution >= 4 is 40.5 Å². The first kappa shape index (κ1) is 16.1. The van der Waals surface area contributed by atoms with Crippen molar-refractivity contribution in [2.45, 2.75) is 6.54 Å². The summed E-state index contributed by atoms with van der Waals surface area (Å²) in [5.41, 5.74) is 1.69. The lowest BCUT2D eigenvalue weighted by Crippen LogP contribution is -2.03. The van der Waals surface area contributed by atoms with Crippen LogP contribution in [0.3, 0.4) is 0 Å². The topological polar surface area (TPSA) is 30.5 Å². The van der Waals surface area contributed by atoms with Gasteiger partial charge in [0.15, 0.2) is 11.5 Å². The van der Waals surface area contributed by atoms with Crippen molar-refractivity contribution in [1.82, 2.24) is 0 Å². The molecule has 112 valence electrons. The van der Waals surface area contributed by atoms with Crippen molar-refractivity contribution in [2.75, 3.05) is 19.5 Å². The van der Waals surface area contributed by atoms with E-state index < -0.39 is 0 Å². The third-order valence-electron chi connectivity index (χ3n) is 2.87. The second kappa shape index (κ2) is 7.12. The molecule has 0 heterocycles. The molecule has 6 heteroatoms. The Morgan fingerprint density at radius 2 is 1.48 bits per heavy atom. The summed E-state index contributed by atoms with van der Waals surface area (Å²) in [7, 11) is 3.16. The van der Waals surface area contributed by atoms with E-state index in [4.69, 9.17) is 44.3 Å². The monoisotopic (exact) mass is 345 g/mol. The molecule has 3 nitrogen and oxygen atoms in total. The molecule has 2 aromatic rings. The molecule has 0 saturated heterocycles. The van der Waals surface area contributed by atoms with Crippen molar-refractivity contribution in [2.24, 2.45) is 0 Å². The van der Waals surface area contributed by atoms with Crippen LogP contribution in [0.2, 0.25) is 15.1 Å². The highest BCUT2D eigenvalue weighted by Gasteiger charge is 2.12. The second-order valence-electron chi connectivity index (χ2n) is 4.31. The number of halogens is 3. The fourth-order valence-electron chi connectivity index (χ4n) is 1.99. The smallest absolute Gasteiger partial charge is 0.165 e. The first-order chi connectivity index (χ1) is 10.0. The fourth-order valence-corrected chi connectivity index (χ4v) is 2.75. The van der Waals surface area contributed by atoms with Crippen LogP contribution in [0.1, 0.15) is 5.56 Å². The molecule has 0 amide bonds. The molecule has 0 aliphatic carbocycles. The minimum absolute atomic E-state index is 0.497. The molecule has 2 rings (SSSR count). The summed E-state index contributed by atoms with van der Waals surface area (Å²) in [5, 5.41) is 4.95. The van der Waals surface area contributed by atoms with Crippen LogP contribution in [-0.2, 0) is 6.54 Å². The summed E-state index contributed by atoms with van der Waals surface area (Å²) < 4.78 is 10.7. The van der Waals surface area contributed by atoms with E-state index in [0.29, 0.717) is 33.1 Å². The van der Waals surface area contributed by atoms with Gasteiger partial charge in [-0.05, 0) is 24.3 Å². The Morgan fingerprint density at radius 3 is 2.05 bits per heavy atom. The summed E-state index contributed by atoms with van der Waals surface area (Å²) in [6, 6.07) is 8.79. The van der Waals surface area contributed by atoms with E-state index in [0.717, 1.165) is 11.3 Å². The molecule has 21 heavy (non-hydrogen) atoms. The van der Waals surface area contributed by atoms with Gasteiger partial charge in [0.1, 0.15) is 0 Å². The number of anilines is 1. The van der Waals surface area contributed by atoms with E-state index in [-0.39, 0.29) is 0 Å². The van der Waals surface area contributed by atoms with Gasteiger partial charge in [0.25, 0.3) is 0 Å². The highest BCUT2D eigenvalue weighted by Crippen LogP contribution is 2.35. The third-order valence-corrected chi connectivity index (χ3v) is 3.52. The average molecular weight is 347 g/mol. The maximum atomic E-state index is 6.08. The normalized spacial score (nSPS) is 10.3. The van der Waals surface area contributed by atoms with Crippen molar-refractivity contribution in [3.05, 3.63) is 51.0 Å². The van der Waals surface area contributed by atoms with Gasteiger partial charge in [0, 0.05) is 38.9 Å². The first-order valence-corrected chi connectivity index (χ1v) is 7.27. The summed E-state index contributed by atoms with van der Waals surface area (Å²) in [6.07, 6.45) is 0. The second-order valence-corrected chi connectivity index (χ2v) is 5.62. The summed E-state index contributed by atoms with van der Waals surface area (Å²) in [4.78, 5) is 0. The Kier molecular flexibility index (Phi) is 5.45. The molecule has 0 spiro atoms. The van der Waals surface area contributed by atoms with Gasteiger partial charge in [-0.2, -0.15) is 0 Å². The lowest BCUT2D eigenvalue weighted by Gasteiger charge is -2.15. The van der Waals surface area contributed by atoms with E-state index in [1.165, 1.54) is 0 Å². The standard InChI is InChI=1S/C15H14Cl3NO2/c1-20-14-7-10(16)3-9(15(14)21-2)8-19-13-5-11(17)4-12(18)6-13/h3-7,19H,8H2,1-2H3. The summed E-state index contributed by atoms with van der Waals surface area (Å²) in [5.74, 6) is 1.23. The number of rotatable bonds is 5. The maximum Gasteiger partial charge on any atom is 0.165 e. The van der Waals surface area contributed by atoms with Gasteiger partial charge in [-0.25, -0.2) is 0 Å². The molecular formula is C15H14Cl3NO2. The number of benzene rings is 2. The summed E-state index contributed by atoms with van der Waals surface area (Å²) >= 11 is 18.0. The minimum Gasteiger partial charge on any atom is -0.493 e. The first-order valence-electron chi connectivity index (χ1n) is 6.14. The van der Waals surface area contributed by atoms with Crippen molar-refractivity contribution in [1.29, 1.82) is 0 Å². The molecule has 0 aliphatic rings. The molecule has 0 atom stereocenters. The van der Waals surface area contributed by atoms with Crippen molar-refractivity contribution in [3.63, 3.8) is 0 Å². The fraction of sp³-hybridized carbons (Fsp3) is 0.200. The SMILES string of the molecule is COc1cc(Cl)cc(CNc2cc(Cl)cc(Cl)c2)c1OC. The largest absolute Gasteiger partial charge is 0.493 e. The van der Waals surface area contributed by atoms with Gasteiger partial charge in [-0.1, -0.05) is 34.8 Å². The lowest BCUT2D eigenvalue weighted by molar-refractivity contribution is 0.352. The molecule has 1 N–H and O–H groups in total. The van der Waals surface area contributed by atoms with Crippen molar-refractivity contribution in [3.8, 4) is 11.5 Å². The van der Waals surface area contributed by atoms with E-state index in [1.807, 2.05) is 6.07 Å². The average Bonchev–Trinajstić information content (AvgIpc) is 2.43. The van der Waals surface area contributed by atoms with Gasteiger partial charge >= 0.3 is 0 Å². The molecule has 0 radical (unpaired) electrons. The van der Waals surface area contributed by atoms with E-state index in [1.54, 1.807) is 38.5 Å². The number of ether oxygens (including phenoxy) is 2. The zero-order valence-electron chi connectivity index (χ0n) is 11.5. The molecule has 0 saturated carbocycles. The third kappa shape index (κ3) is 4.10. The Balaban J connectivity index is 2.25. The molecular weight excluding hydrogens is 333 g/mol. The van der Waals surface area contributed by atoms with E-state index in [9.17, 15) is 0 Å². The molecule has 0 unspecified atom stereocenters. The van der Waals surface area contributed by atoms with Gasteiger partial charge in [0.05, 0.1) is 14.2 Å². The van der Waals surface area contributed by atoms with Crippen LogP contribution in [0.25, 0.3) is 0 Å². The Bertz CT molecular complexity index is 627. The van der Waals surface area contributed by atoms with Crippen LogP contribution >= 0.6 is 34.8 Å². The van der Waals surface area contributed by atoms with E-state index in [2.05, 4.69) is 5.32 Å². The lowest BCUT2D eigenvalue weighted by atomic mass is 10.1. The summed E-state index contributed by atoms with van der Waals surface area (Å²) in [6.45, 7) is 0.497. The van der Waals surface area contributed by atoms with Crippen LogP contribution in [0.4, 0.5) is 5.69 Å². The molecule has 0 bridgehead atoms. The molecule has 0 aliphatic heterocycles. The zero-order valence-corrected chi connectivity index (χ0v) is 13.8. The minimum atomic E-state index is 0.497. The number of methoxy groups -OCH3 is 2. The Morgan fingerprint density at radius 1 is 0.857 bits per heavy atom. The van der Waals surface area contributed by atoms with Gasteiger partial charge in [-0.3, -0.25) is 0 Å². The predicted molar refractivity (Wildman–Crippen MR) is 88.3 cm³/mol. The zero-order chi connectivity index (χ0) is 15.4. The number of hydrogen-bond acceptors (Lipinski definition) is 3. The van der Waals surface area contributed by atoms with Crippen LogP contribution in [0.15, 0.2) is 30.3 Å². The highest BCUT2D eigenvalue weighted by atomic mass is 35.5. The van der Waals surface area contributed by atoms with Gasteiger partial charge in [0.2, 0.25) is 0 Å². The predicted octanol–water partition coefficient (Wildman–Crippen LogP) is 5.28. The van der Waals surface area contributed by atoms with E-state index >= 15 is 0 Å². The molecule has 0 fully saturated rings. The molecule has 2 aromatic carbocycles. The quantitative estimate of drug-likeness (QED) is 0.799. The van der Waals surface area contributed by atoms with Crippen LogP contribution in [-0.4, -0.2) is 14.2 Å². The van der Waals surface area contributed by atoms with Crippen molar-refractivity contribution < 1.29 is 9.47 Å². The molecule has 0 aromatic heterocycles. The maximum absolute atomic E-state index is 6.08. The van der Waals surface area contributed by atoms with Crippen LogP contribution in [0, 0.1) is 0 Å². The van der Waals surface area contributed by atoms with Gasteiger partial charge < -0.3 is 14.8 Å². The van der Waals surface area contributed by atoms with Gasteiger partial charge in [-0.15, -0.1) is 0 Å². The number of nitrogens with one attached hydrogen (secondary N) is 1. The number of hydrogen-bond donors (Lipinski definition) is 1. The Labute approximate surface area is 138 Å². The highest BCUT2D eigenvalue weighted by molar-refractivity contribution is 6.35. The van der Waals surface area contributed by atoms with Crippen LogP contribution < -0.4 is 14.8 Å². The Hall–Kier alpha value is -1.29. The van der Waals surface area contributed by atoms with Crippen LogP contribution in [0.5, 0.6) is 11.5 Å².